The van der Waals surface area contributed by atoms with E-state index in [9.17, 15) is 5.11 Å². The molecule has 0 fully saturated rings. The number of aliphatic hydroxyl groups is 1. The molecule has 1 N–H and O–H groups in total. The lowest BCUT2D eigenvalue weighted by atomic mass is 10.1. The van der Waals surface area contributed by atoms with Gasteiger partial charge < -0.3 is 10.0 Å². The minimum absolute atomic E-state index is 0.188. The summed E-state index contributed by atoms with van der Waals surface area (Å²) in [6.45, 7) is 4.46. The monoisotopic (exact) mass is 315 g/mol. The van der Waals surface area contributed by atoms with E-state index in [1.165, 1.54) is 0 Å². The summed E-state index contributed by atoms with van der Waals surface area (Å²) in [5, 5.41) is 19.6. The molecule has 0 aliphatic carbocycles. The average Bonchev–Trinajstić information content (AvgIpc) is 2.47. The molecule has 0 bridgehead atoms. The number of aromatic nitrogens is 1. The molecule has 1 aromatic carbocycles. The fourth-order valence-corrected chi connectivity index (χ4v) is 2.32. The van der Waals surface area contributed by atoms with Crippen molar-refractivity contribution in [3.8, 4) is 6.07 Å². The molecule has 0 saturated heterocycles. The van der Waals surface area contributed by atoms with Gasteiger partial charge in [0.15, 0.2) is 5.69 Å². The molecule has 0 unspecified atom stereocenters. The van der Waals surface area contributed by atoms with Crippen molar-refractivity contribution in [2.45, 2.75) is 26.0 Å². The SMILES string of the molecule is CC(C)(O)CN(Cc1ccccc1)c1ccc(Cl)c(C#N)n1. The molecule has 5 heteroatoms. The van der Waals surface area contributed by atoms with E-state index in [1.807, 2.05) is 41.3 Å². The van der Waals surface area contributed by atoms with E-state index in [0.717, 1.165) is 5.56 Å². The second kappa shape index (κ2) is 6.78. The van der Waals surface area contributed by atoms with Gasteiger partial charge in [0.05, 0.1) is 10.6 Å². The van der Waals surface area contributed by atoms with Crippen molar-refractivity contribution in [2.24, 2.45) is 0 Å². The van der Waals surface area contributed by atoms with E-state index in [0.29, 0.717) is 23.9 Å². The maximum Gasteiger partial charge on any atom is 0.161 e. The van der Waals surface area contributed by atoms with Crippen LogP contribution in [0.1, 0.15) is 25.1 Å². The van der Waals surface area contributed by atoms with Gasteiger partial charge in [-0.15, -0.1) is 0 Å². The fourth-order valence-electron chi connectivity index (χ4n) is 2.18. The fraction of sp³-hybridized carbons (Fsp3) is 0.294. The quantitative estimate of drug-likeness (QED) is 0.919. The van der Waals surface area contributed by atoms with Crippen LogP contribution in [0.2, 0.25) is 5.02 Å². The van der Waals surface area contributed by atoms with Crippen molar-refractivity contribution in [3.05, 3.63) is 58.7 Å². The lowest BCUT2D eigenvalue weighted by Crippen LogP contribution is -2.38. The predicted molar refractivity (Wildman–Crippen MR) is 87.8 cm³/mol. The van der Waals surface area contributed by atoms with Crippen LogP contribution in [0, 0.1) is 11.3 Å². The summed E-state index contributed by atoms with van der Waals surface area (Å²) in [7, 11) is 0. The molecule has 0 radical (unpaired) electrons. The van der Waals surface area contributed by atoms with E-state index < -0.39 is 5.60 Å². The number of hydrogen-bond acceptors (Lipinski definition) is 4. The van der Waals surface area contributed by atoms with Crippen LogP contribution in [0.5, 0.6) is 0 Å². The molecule has 2 aromatic rings. The molecule has 0 atom stereocenters. The van der Waals surface area contributed by atoms with Crippen LogP contribution in [0.25, 0.3) is 0 Å². The summed E-state index contributed by atoms with van der Waals surface area (Å²) < 4.78 is 0. The number of hydrogen-bond donors (Lipinski definition) is 1. The summed E-state index contributed by atoms with van der Waals surface area (Å²) in [6.07, 6.45) is 0. The van der Waals surface area contributed by atoms with Crippen molar-refractivity contribution < 1.29 is 5.11 Å². The van der Waals surface area contributed by atoms with Gasteiger partial charge in [-0.2, -0.15) is 5.26 Å². The van der Waals surface area contributed by atoms with Crippen molar-refractivity contribution >= 4 is 17.4 Å². The normalized spacial score (nSPS) is 11.0. The van der Waals surface area contributed by atoms with E-state index in [-0.39, 0.29) is 5.69 Å². The first-order valence-corrected chi connectivity index (χ1v) is 7.35. The van der Waals surface area contributed by atoms with Crippen LogP contribution in [-0.4, -0.2) is 22.2 Å². The topological polar surface area (TPSA) is 60.1 Å². The highest BCUT2D eigenvalue weighted by molar-refractivity contribution is 6.31. The van der Waals surface area contributed by atoms with Crippen LogP contribution >= 0.6 is 11.6 Å². The molecule has 114 valence electrons. The number of pyridine rings is 1. The average molecular weight is 316 g/mol. The zero-order valence-corrected chi connectivity index (χ0v) is 13.4. The van der Waals surface area contributed by atoms with Gasteiger partial charge in [0.25, 0.3) is 0 Å². The number of halogens is 1. The van der Waals surface area contributed by atoms with Gasteiger partial charge in [-0.25, -0.2) is 4.98 Å². The van der Waals surface area contributed by atoms with Crippen molar-refractivity contribution in [1.29, 1.82) is 5.26 Å². The van der Waals surface area contributed by atoms with E-state index in [1.54, 1.807) is 26.0 Å². The second-order valence-electron chi connectivity index (χ2n) is 5.77. The zero-order valence-electron chi connectivity index (χ0n) is 12.6. The van der Waals surface area contributed by atoms with Gasteiger partial charge in [0.1, 0.15) is 11.9 Å². The van der Waals surface area contributed by atoms with Crippen LogP contribution in [0.15, 0.2) is 42.5 Å². The summed E-state index contributed by atoms with van der Waals surface area (Å²) in [4.78, 5) is 6.23. The Morgan fingerprint density at radius 2 is 1.91 bits per heavy atom. The van der Waals surface area contributed by atoms with Gasteiger partial charge >= 0.3 is 0 Å². The minimum Gasteiger partial charge on any atom is -0.389 e. The number of anilines is 1. The minimum atomic E-state index is -0.886. The highest BCUT2D eigenvalue weighted by atomic mass is 35.5. The Bertz CT molecular complexity index is 675. The maximum atomic E-state index is 10.1. The summed E-state index contributed by atoms with van der Waals surface area (Å²) >= 11 is 5.94. The maximum absolute atomic E-state index is 10.1. The summed E-state index contributed by atoms with van der Waals surface area (Å²) in [5.41, 5.74) is 0.401. The Hall–Kier alpha value is -2.09. The molecule has 22 heavy (non-hydrogen) atoms. The predicted octanol–water partition coefficient (Wildman–Crippen LogP) is 3.38. The Labute approximate surface area is 135 Å². The van der Waals surface area contributed by atoms with Crippen LogP contribution in [0.3, 0.4) is 0 Å². The number of benzene rings is 1. The molecule has 0 saturated carbocycles. The highest BCUT2D eigenvalue weighted by Gasteiger charge is 2.20. The van der Waals surface area contributed by atoms with Crippen molar-refractivity contribution in [2.75, 3.05) is 11.4 Å². The Morgan fingerprint density at radius 3 is 2.50 bits per heavy atom. The first-order chi connectivity index (χ1) is 10.4. The van der Waals surface area contributed by atoms with Gasteiger partial charge in [-0.1, -0.05) is 41.9 Å². The van der Waals surface area contributed by atoms with Gasteiger partial charge in [-0.3, -0.25) is 0 Å². The summed E-state index contributed by atoms with van der Waals surface area (Å²) in [5.74, 6) is 0.618. The molecular weight excluding hydrogens is 298 g/mol. The standard InChI is InChI=1S/C17H18ClN3O/c1-17(2,22)12-21(11-13-6-4-3-5-7-13)16-9-8-14(18)15(10-19)20-16/h3-9,22H,11-12H2,1-2H3. The van der Waals surface area contributed by atoms with Crippen molar-refractivity contribution in [1.82, 2.24) is 4.98 Å². The van der Waals surface area contributed by atoms with Crippen LogP contribution in [0.4, 0.5) is 5.82 Å². The molecule has 1 aromatic heterocycles. The molecule has 0 spiro atoms. The smallest absolute Gasteiger partial charge is 0.161 e. The van der Waals surface area contributed by atoms with Crippen LogP contribution < -0.4 is 4.90 Å². The number of rotatable bonds is 5. The first kappa shape index (κ1) is 16.3. The first-order valence-electron chi connectivity index (χ1n) is 6.97. The lowest BCUT2D eigenvalue weighted by Gasteiger charge is -2.30. The largest absolute Gasteiger partial charge is 0.389 e. The molecule has 2 rings (SSSR count). The molecule has 4 nitrogen and oxygen atoms in total. The third kappa shape index (κ3) is 4.45. The highest BCUT2D eigenvalue weighted by Crippen LogP contribution is 2.22. The Kier molecular flexibility index (Phi) is 5.02. The van der Waals surface area contributed by atoms with E-state index in [4.69, 9.17) is 16.9 Å². The van der Waals surface area contributed by atoms with Crippen LogP contribution in [-0.2, 0) is 6.54 Å². The Morgan fingerprint density at radius 1 is 1.23 bits per heavy atom. The number of nitriles is 1. The molecular formula is C17H18ClN3O. The third-order valence-electron chi connectivity index (χ3n) is 3.06. The zero-order chi connectivity index (χ0) is 16.2. The van der Waals surface area contributed by atoms with Gasteiger partial charge in [-0.05, 0) is 31.5 Å². The second-order valence-corrected chi connectivity index (χ2v) is 6.17. The summed E-state index contributed by atoms with van der Waals surface area (Å²) in [6, 6.07) is 15.3. The van der Waals surface area contributed by atoms with Gasteiger partial charge in [0, 0.05) is 13.1 Å². The van der Waals surface area contributed by atoms with E-state index in [2.05, 4.69) is 4.98 Å². The Balaban J connectivity index is 2.34. The third-order valence-corrected chi connectivity index (χ3v) is 3.36. The lowest BCUT2D eigenvalue weighted by molar-refractivity contribution is 0.0868. The van der Waals surface area contributed by atoms with Gasteiger partial charge in [0.2, 0.25) is 0 Å². The molecule has 1 heterocycles. The number of nitrogens with zero attached hydrogens (tertiary/aromatic N) is 3. The molecule has 0 aliphatic heterocycles. The van der Waals surface area contributed by atoms with E-state index >= 15 is 0 Å². The van der Waals surface area contributed by atoms with Crippen molar-refractivity contribution in [3.63, 3.8) is 0 Å². The molecule has 0 aliphatic rings. The molecule has 0 amide bonds.